The zero-order valence-corrected chi connectivity index (χ0v) is 14.3. The summed E-state index contributed by atoms with van der Waals surface area (Å²) in [6.45, 7) is 4.19. The largest absolute Gasteiger partial charge is 0.481 e. The van der Waals surface area contributed by atoms with E-state index in [2.05, 4.69) is 37.8 Å². The summed E-state index contributed by atoms with van der Waals surface area (Å²) >= 11 is 0. The molecule has 0 aromatic carbocycles. The standard InChI is InChI=1S/C17H25N5O/c1-5-18-17(22(3)13-15-9-7-11-21(15)2)19-12-14-8-6-10-16(20-14)23-4/h6-11H,5,12-13H2,1-4H3,(H,18,19). The molecule has 2 rings (SSSR count). The zero-order chi connectivity index (χ0) is 16.7. The second kappa shape index (κ2) is 8.22. The van der Waals surface area contributed by atoms with Crippen LogP contribution in [0.2, 0.25) is 0 Å². The molecule has 2 heterocycles. The van der Waals surface area contributed by atoms with E-state index in [1.54, 1.807) is 7.11 Å². The van der Waals surface area contributed by atoms with E-state index in [-0.39, 0.29) is 0 Å². The van der Waals surface area contributed by atoms with Gasteiger partial charge in [0.1, 0.15) is 0 Å². The number of rotatable bonds is 6. The Balaban J connectivity index is 2.08. The lowest BCUT2D eigenvalue weighted by Crippen LogP contribution is -2.38. The number of hydrogen-bond acceptors (Lipinski definition) is 3. The Labute approximate surface area is 137 Å². The molecule has 0 aliphatic carbocycles. The lowest BCUT2D eigenvalue weighted by Gasteiger charge is -2.22. The first-order valence-corrected chi connectivity index (χ1v) is 7.73. The Morgan fingerprint density at radius 2 is 2.17 bits per heavy atom. The lowest BCUT2D eigenvalue weighted by molar-refractivity contribution is 0.396. The van der Waals surface area contributed by atoms with Gasteiger partial charge in [0.15, 0.2) is 5.96 Å². The number of nitrogens with one attached hydrogen (secondary N) is 1. The fourth-order valence-corrected chi connectivity index (χ4v) is 2.26. The summed E-state index contributed by atoms with van der Waals surface area (Å²) in [6, 6.07) is 9.88. The van der Waals surface area contributed by atoms with Gasteiger partial charge in [-0.2, -0.15) is 0 Å². The summed E-state index contributed by atoms with van der Waals surface area (Å²) in [7, 11) is 5.70. The topological polar surface area (TPSA) is 54.7 Å². The summed E-state index contributed by atoms with van der Waals surface area (Å²) < 4.78 is 7.27. The van der Waals surface area contributed by atoms with E-state index in [9.17, 15) is 0 Å². The minimum Gasteiger partial charge on any atom is -0.481 e. The van der Waals surface area contributed by atoms with E-state index in [0.29, 0.717) is 12.4 Å². The maximum atomic E-state index is 5.15. The van der Waals surface area contributed by atoms with Crippen molar-refractivity contribution in [2.24, 2.45) is 12.0 Å². The zero-order valence-electron chi connectivity index (χ0n) is 14.3. The van der Waals surface area contributed by atoms with E-state index < -0.39 is 0 Å². The average molecular weight is 315 g/mol. The lowest BCUT2D eigenvalue weighted by atomic mass is 10.3. The third-order valence-corrected chi connectivity index (χ3v) is 3.53. The quantitative estimate of drug-likeness (QED) is 0.654. The number of aryl methyl sites for hydroxylation is 1. The third-order valence-electron chi connectivity index (χ3n) is 3.53. The molecule has 0 aliphatic heterocycles. The number of hydrogen-bond donors (Lipinski definition) is 1. The van der Waals surface area contributed by atoms with Crippen molar-refractivity contribution in [3.8, 4) is 5.88 Å². The number of pyridine rings is 1. The summed E-state index contributed by atoms with van der Waals surface area (Å²) in [5, 5.41) is 3.32. The third kappa shape index (κ3) is 4.74. The fourth-order valence-electron chi connectivity index (χ4n) is 2.26. The van der Waals surface area contributed by atoms with Crippen LogP contribution in [0.4, 0.5) is 0 Å². The molecule has 2 aromatic heterocycles. The Morgan fingerprint density at radius 3 is 2.83 bits per heavy atom. The van der Waals surface area contributed by atoms with E-state index >= 15 is 0 Å². The van der Waals surface area contributed by atoms with Gasteiger partial charge >= 0.3 is 0 Å². The van der Waals surface area contributed by atoms with E-state index in [1.165, 1.54) is 5.69 Å². The number of aromatic nitrogens is 2. The molecule has 0 saturated heterocycles. The van der Waals surface area contributed by atoms with Crippen LogP contribution in [-0.4, -0.2) is 41.1 Å². The number of guanidine groups is 1. The van der Waals surface area contributed by atoms with Crippen molar-refractivity contribution in [1.82, 2.24) is 19.8 Å². The van der Waals surface area contributed by atoms with Crippen LogP contribution < -0.4 is 10.1 Å². The van der Waals surface area contributed by atoms with Gasteiger partial charge in [0.05, 0.1) is 25.9 Å². The molecular formula is C17H25N5O. The predicted molar refractivity (Wildman–Crippen MR) is 92.5 cm³/mol. The highest BCUT2D eigenvalue weighted by molar-refractivity contribution is 5.79. The normalized spacial score (nSPS) is 11.4. The molecule has 6 nitrogen and oxygen atoms in total. The molecule has 0 radical (unpaired) electrons. The molecule has 2 aromatic rings. The smallest absolute Gasteiger partial charge is 0.213 e. The van der Waals surface area contributed by atoms with Crippen molar-refractivity contribution in [3.63, 3.8) is 0 Å². The Morgan fingerprint density at radius 1 is 1.35 bits per heavy atom. The maximum absolute atomic E-state index is 5.15. The average Bonchev–Trinajstić information content (AvgIpc) is 2.96. The van der Waals surface area contributed by atoms with Crippen molar-refractivity contribution in [2.75, 3.05) is 20.7 Å². The monoisotopic (exact) mass is 315 g/mol. The van der Waals surface area contributed by atoms with E-state index in [0.717, 1.165) is 24.7 Å². The molecule has 23 heavy (non-hydrogen) atoms. The predicted octanol–water partition coefficient (Wildman–Crippen LogP) is 2.03. The molecule has 0 spiro atoms. The summed E-state index contributed by atoms with van der Waals surface area (Å²) in [5.74, 6) is 1.47. The minimum absolute atomic E-state index is 0.511. The molecule has 0 bridgehead atoms. The van der Waals surface area contributed by atoms with Gasteiger partial charge in [-0.05, 0) is 25.1 Å². The summed E-state index contributed by atoms with van der Waals surface area (Å²) in [6.07, 6.45) is 2.05. The van der Waals surface area contributed by atoms with Crippen molar-refractivity contribution in [3.05, 3.63) is 47.9 Å². The van der Waals surface area contributed by atoms with E-state index in [1.807, 2.05) is 44.6 Å². The molecule has 124 valence electrons. The van der Waals surface area contributed by atoms with Gasteiger partial charge in [0.2, 0.25) is 5.88 Å². The Hall–Kier alpha value is -2.50. The Kier molecular flexibility index (Phi) is 6.02. The molecule has 0 aliphatic rings. The van der Waals surface area contributed by atoms with Gasteiger partial charge < -0.3 is 19.5 Å². The van der Waals surface area contributed by atoms with Crippen LogP contribution in [0.15, 0.2) is 41.5 Å². The van der Waals surface area contributed by atoms with Crippen molar-refractivity contribution in [2.45, 2.75) is 20.0 Å². The highest BCUT2D eigenvalue weighted by Crippen LogP contribution is 2.08. The van der Waals surface area contributed by atoms with Crippen molar-refractivity contribution >= 4 is 5.96 Å². The maximum Gasteiger partial charge on any atom is 0.213 e. The van der Waals surface area contributed by atoms with Gasteiger partial charge in [0.25, 0.3) is 0 Å². The highest BCUT2D eigenvalue weighted by Gasteiger charge is 2.08. The van der Waals surface area contributed by atoms with Crippen LogP contribution >= 0.6 is 0 Å². The van der Waals surface area contributed by atoms with Gasteiger partial charge in [-0.25, -0.2) is 9.98 Å². The van der Waals surface area contributed by atoms with Gasteiger partial charge in [0, 0.05) is 38.6 Å². The number of methoxy groups -OCH3 is 1. The second-order valence-corrected chi connectivity index (χ2v) is 5.31. The van der Waals surface area contributed by atoms with Gasteiger partial charge in [-0.15, -0.1) is 0 Å². The van der Waals surface area contributed by atoms with E-state index in [4.69, 9.17) is 4.74 Å². The SMILES string of the molecule is CCNC(=NCc1cccc(OC)n1)N(C)Cc1cccn1C. The molecule has 0 unspecified atom stereocenters. The minimum atomic E-state index is 0.511. The molecular weight excluding hydrogens is 290 g/mol. The van der Waals surface area contributed by atoms with Crippen molar-refractivity contribution in [1.29, 1.82) is 0 Å². The van der Waals surface area contributed by atoms with Crippen LogP contribution in [0.1, 0.15) is 18.3 Å². The summed E-state index contributed by atoms with van der Waals surface area (Å²) in [5.41, 5.74) is 2.12. The molecule has 0 atom stereocenters. The first-order valence-electron chi connectivity index (χ1n) is 7.73. The molecule has 0 fully saturated rings. The first-order chi connectivity index (χ1) is 11.1. The van der Waals surface area contributed by atoms with Gasteiger partial charge in [-0.3, -0.25) is 0 Å². The second-order valence-electron chi connectivity index (χ2n) is 5.31. The van der Waals surface area contributed by atoms with Crippen LogP contribution in [0.3, 0.4) is 0 Å². The summed E-state index contributed by atoms with van der Waals surface area (Å²) in [4.78, 5) is 11.2. The van der Waals surface area contributed by atoms with Crippen LogP contribution in [0, 0.1) is 0 Å². The number of aliphatic imine (C=N–C) groups is 1. The van der Waals surface area contributed by atoms with Crippen LogP contribution in [0.5, 0.6) is 5.88 Å². The van der Waals surface area contributed by atoms with Crippen molar-refractivity contribution < 1.29 is 4.74 Å². The molecule has 6 heteroatoms. The van der Waals surface area contributed by atoms with Gasteiger partial charge in [-0.1, -0.05) is 6.07 Å². The fraction of sp³-hybridized carbons (Fsp3) is 0.412. The molecule has 1 N–H and O–H groups in total. The van der Waals surface area contributed by atoms with Crippen LogP contribution in [-0.2, 0) is 20.1 Å². The number of nitrogens with zero attached hydrogens (tertiary/aromatic N) is 4. The molecule has 0 amide bonds. The van der Waals surface area contributed by atoms with Crippen LogP contribution in [0.25, 0.3) is 0 Å². The highest BCUT2D eigenvalue weighted by atomic mass is 16.5. The first kappa shape index (κ1) is 16.9. The number of ether oxygens (including phenoxy) is 1. The molecule has 0 saturated carbocycles. The Bertz CT molecular complexity index is 650.